The van der Waals surface area contributed by atoms with Crippen molar-refractivity contribution >= 4 is 21.8 Å². The molecule has 0 aromatic carbocycles. The van der Waals surface area contributed by atoms with E-state index in [4.69, 9.17) is 0 Å². The second kappa shape index (κ2) is 6.86. The molecule has 138 valence electrons. The first-order valence-corrected chi connectivity index (χ1v) is 9.24. The fourth-order valence-electron chi connectivity index (χ4n) is 3.37. The average molecular weight is 369 g/mol. The van der Waals surface area contributed by atoms with Gasteiger partial charge in [0.05, 0.1) is 23.1 Å². The molecule has 5 aromatic heterocycles. The summed E-state index contributed by atoms with van der Waals surface area (Å²) in [6.07, 6.45) is 9.17. The first-order chi connectivity index (χ1) is 13.8. The van der Waals surface area contributed by atoms with Crippen LogP contribution in [0, 0.1) is 0 Å². The zero-order valence-corrected chi connectivity index (χ0v) is 15.4. The summed E-state index contributed by atoms with van der Waals surface area (Å²) in [6, 6.07) is 8.21. The molecule has 0 atom stereocenters. The zero-order chi connectivity index (χ0) is 18.9. The van der Waals surface area contributed by atoms with E-state index in [0.717, 1.165) is 63.1 Å². The highest BCUT2D eigenvalue weighted by molar-refractivity contribution is 5.96. The largest absolute Gasteiger partial charge is 0.353 e. The number of rotatable bonds is 5. The molecule has 28 heavy (non-hydrogen) atoms. The van der Waals surface area contributed by atoms with Crippen molar-refractivity contribution in [2.45, 2.75) is 13.5 Å². The van der Waals surface area contributed by atoms with Crippen molar-refractivity contribution in [2.75, 3.05) is 6.54 Å². The van der Waals surface area contributed by atoms with Gasteiger partial charge >= 0.3 is 0 Å². The molecule has 0 bridgehead atoms. The van der Waals surface area contributed by atoms with Gasteiger partial charge in [-0.1, -0.05) is 6.92 Å². The molecule has 0 unspecified atom stereocenters. The van der Waals surface area contributed by atoms with Gasteiger partial charge in [-0.25, -0.2) is 0 Å². The Morgan fingerprint density at radius 2 is 1.96 bits per heavy atom. The van der Waals surface area contributed by atoms with E-state index in [1.807, 2.05) is 30.9 Å². The lowest BCUT2D eigenvalue weighted by Gasteiger charge is -2.05. The van der Waals surface area contributed by atoms with Gasteiger partial charge in [0.25, 0.3) is 0 Å². The number of nitrogens with zero attached hydrogens (tertiary/aromatic N) is 4. The van der Waals surface area contributed by atoms with Crippen LogP contribution in [0.4, 0.5) is 0 Å². The first-order valence-electron chi connectivity index (χ1n) is 9.24. The van der Waals surface area contributed by atoms with E-state index in [0.29, 0.717) is 0 Å². The van der Waals surface area contributed by atoms with Gasteiger partial charge < -0.3 is 10.3 Å². The molecule has 0 aliphatic heterocycles. The molecule has 0 saturated heterocycles. The third-order valence-electron chi connectivity index (χ3n) is 4.79. The van der Waals surface area contributed by atoms with Crippen molar-refractivity contribution in [1.82, 2.24) is 35.5 Å². The Morgan fingerprint density at radius 3 is 2.86 bits per heavy atom. The molecule has 0 amide bonds. The van der Waals surface area contributed by atoms with Gasteiger partial charge in [0.15, 0.2) is 0 Å². The van der Waals surface area contributed by atoms with Crippen LogP contribution in [0.2, 0.25) is 0 Å². The van der Waals surface area contributed by atoms with Crippen molar-refractivity contribution in [3.63, 3.8) is 0 Å². The highest BCUT2D eigenvalue weighted by Crippen LogP contribution is 2.30. The highest BCUT2D eigenvalue weighted by atomic mass is 15.1. The van der Waals surface area contributed by atoms with Crippen molar-refractivity contribution in [3.8, 4) is 22.6 Å². The summed E-state index contributed by atoms with van der Waals surface area (Å²) in [7, 11) is 0. The number of nitrogens with one attached hydrogen (secondary N) is 3. The van der Waals surface area contributed by atoms with E-state index in [-0.39, 0.29) is 0 Å². The van der Waals surface area contributed by atoms with E-state index in [9.17, 15) is 0 Å². The summed E-state index contributed by atoms with van der Waals surface area (Å²) in [5.74, 6) is 0. The van der Waals surface area contributed by atoms with Crippen molar-refractivity contribution in [1.29, 1.82) is 0 Å². The van der Waals surface area contributed by atoms with Crippen LogP contribution in [0.5, 0.6) is 0 Å². The normalized spacial score (nSPS) is 11.5. The average Bonchev–Trinajstić information content (AvgIpc) is 3.35. The first kappa shape index (κ1) is 16.6. The molecular weight excluding hydrogens is 350 g/mol. The van der Waals surface area contributed by atoms with Gasteiger partial charge in [-0.05, 0) is 36.4 Å². The van der Waals surface area contributed by atoms with Crippen molar-refractivity contribution in [3.05, 3.63) is 60.8 Å². The highest BCUT2D eigenvalue weighted by Gasteiger charge is 2.13. The van der Waals surface area contributed by atoms with Crippen LogP contribution < -0.4 is 5.32 Å². The second-order valence-corrected chi connectivity index (χ2v) is 6.70. The number of H-pyrrole nitrogens is 2. The van der Waals surface area contributed by atoms with Crippen LogP contribution in [0.1, 0.15) is 12.5 Å². The summed E-state index contributed by atoms with van der Waals surface area (Å²) >= 11 is 0. The third-order valence-corrected chi connectivity index (χ3v) is 4.79. The molecule has 5 rings (SSSR count). The molecule has 0 radical (unpaired) electrons. The van der Waals surface area contributed by atoms with Crippen LogP contribution in [-0.2, 0) is 6.54 Å². The predicted molar refractivity (Wildman–Crippen MR) is 110 cm³/mol. The number of aromatic nitrogens is 6. The van der Waals surface area contributed by atoms with E-state index >= 15 is 0 Å². The maximum atomic E-state index is 4.60. The summed E-state index contributed by atoms with van der Waals surface area (Å²) in [5, 5.41) is 13.0. The van der Waals surface area contributed by atoms with E-state index in [1.165, 1.54) is 0 Å². The molecule has 0 spiro atoms. The van der Waals surface area contributed by atoms with Crippen molar-refractivity contribution < 1.29 is 0 Å². The molecule has 0 aliphatic rings. The van der Waals surface area contributed by atoms with Gasteiger partial charge in [-0.3, -0.25) is 20.1 Å². The standard InChI is InChI=1S/C21H19N7/c1-2-22-8-13-5-14(11-24-9-13)18-7-16-20(12-25-18)27-28-21(16)19-6-15-10-23-4-3-17(15)26-19/h3-7,9-12,22,26H,2,8H2,1H3,(H,27,28). The number of pyridine rings is 3. The number of aromatic amines is 2. The number of hydrogen-bond donors (Lipinski definition) is 3. The smallest absolute Gasteiger partial charge is 0.116 e. The summed E-state index contributed by atoms with van der Waals surface area (Å²) in [5.41, 5.74) is 6.75. The molecular formula is C21H19N7. The van der Waals surface area contributed by atoms with Gasteiger partial charge in [0, 0.05) is 53.2 Å². The zero-order valence-electron chi connectivity index (χ0n) is 15.4. The Kier molecular flexibility index (Phi) is 4.06. The minimum atomic E-state index is 0.791. The maximum Gasteiger partial charge on any atom is 0.116 e. The van der Waals surface area contributed by atoms with E-state index in [1.54, 1.807) is 6.20 Å². The molecule has 7 heteroatoms. The van der Waals surface area contributed by atoms with Crippen LogP contribution in [0.25, 0.3) is 44.5 Å². The van der Waals surface area contributed by atoms with E-state index in [2.05, 4.69) is 60.6 Å². The van der Waals surface area contributed by atoms with Gasteiger partial charge in [0.2, 0.25) is 0 Å². The molecule has 5 heterocycles. The lowest BCUT2D eigenvalue weighted by atomic mass is 10.1. The Morgan fingerprint density at radius 1 is 1.00 bits per heavy atom. The third kappa shape index (κ3) is 2.91. The molecule has 0 saturated carbocycles. The van der Waals surface area contributed by atoms with Crippen LogP contribution in [0.3, 0.4) is 0 Å². The molecule has 3 N–H and O–H groups in total. The monoisotopic (exact) mass is 369 g/mol. The van der Waals surface area contributed by atoms with Gasteiger partial charge in [-0.15, -0.1) is 0 Å². The fraction of sp³-hybridized carbons (Fsp3) is 0.143. The molecule has 5 aromatic rings. The van der Waals surface area contributed by atoms with E-state index < -0.39 is 0 Å². The summed E-state index contributed by atoms with van der Waals surface area (Å²) < 4.78 is 0. The van der Waals surface area contributed by atoms with Crippen LogP contribution in [0.15, 0.2) is 55.2 Å². The number of hydrogen-bond acceptors (Lipinski definition) is 5. The van der Waals surface area contributed by atoms with Crippen LogP contribution >= 0.6 is 0 Å². The lowest BCUT2D eigenvalue weighted by molar-refractivity contribution is 0.724. The number of fused-ring (bicyclic) bond motifs is 2. The van der Waals surface area contributed by atoms with Gasteiger partial charge in [0.1, 0.15) is 5.69 Å². The Hall–Kier alpha value is -3.58. The Bertz CT molecular complexity index is 1240. The molecule has 7 nitrogen and oxygen atoms in total. The van der Waals surface area contributed by atoms with Crippen LogP contribution in [-0.4, -0.2) is 36.7 Å². The SMILES string of the molecule is CCNCc1cncc(-c2cc3c(-c4cc5cnccc5[nH]4)n[nH]c3cn2)c1. The Labute approximate surface area is 161 Å². The Balaban J connectivity index is 1.58. The van der Waals surface area contributed by atoms with Crippen molar-refractivity contribution in [2.24, 2.45) is 0 Å². The summed E-state index contributed by atoms with van der Waals surface area (Å²) in [6.45, 7) is 3.81. The lowest BCUT2D eigenvalue weighted by Crippen LogP contribution is -2.11. The molecule has 0 fully saturated rings. The minimum Gasteiger partial charge on any atom is -0.353 e. The van der Waals surface area contributed by atoms with Gasteiger partial charge in [-0.2, -0.15) is 5.10 Å². The minimum absolute atomic E-state index is 0.791. The summed E-state index contributed by atoms with van der Waals surface area (Å²) in [4.78, 5) is 16.6. The quantitative estimate of drug-likeness (QED) is 0.439. The fourth-order valence-corrected chi connectivity index (χ4v) is 3.37. The molecule has 0 aliphatic carbocycles. The topological polar surface area (TPSA) is 95.2 Å². The second-order valence-electron chi connectivity index (χ2n) is 6.70. The predicted octanol–water partition coefficient (Wildman–Crippen LogP) is 3.67. The maximum absolute atomic E-state index is 4.60.